The second-order valence-corrected chi connectivity index (χ2v) is 8.54. The number of carbonyl (C=O) groups excluding carboxylic acids is 1. The lowest BCUT2D eigenvalue weighted by Gasteiger charge is -2.36. The summed E-state index contributed by atoms with van der Waals surface area (Å²) < 4.78 is 5.34. The Labute approximate surface area is 190 Å². The zero-order valence-electron chi connectivity index (χ0n) is 17.9. The minimum Gasteiger partial charge on any atom is -0.357 e. The standard InChI is InChI=1S/C19H33N7O2.HI/c1-5-20-18(21-12-15-23-17(28-24-15)19(2,3)4)26-10-8-25(9-11-26)13-16(27)22-14-6-7-14;/h14H,5-13H2,1-4H3,(H,20,21)(H,22,27);1H. The van der Waals surface area contributed by atoms with E-state index in [4.69, 9.17) is 4.52 Å². The Kier molecular flexibility index (Phi) is 8.68. The van der Waals surface area contributed by atoms with E-state index in [-0.39, 0.29) is 35.3 Å². The number of hydrogen-bond donors (Lipinski definition) is 2. The average molecular weight is 519 g/mol. The molecule has 1 aromatic rings. The van der Waals surface area contributed by atoms with E-state index in [0.717, 1.165) is 51.5 Å². The van der Waals surface area contributed by atoms with Crippen molar-refractivity contribution in [1.82, 2.24) is 30.6 Å². The summed E-state index contributed by atoms with van der Waals surface area (Å²) in [4.78, 5) is 25.5. The maximum Gasteiger partial charge on any atom is 0.234 e. The molecule has 9 nitrogen and oxygen atoms in total. The fraction of sp³-hybridized carbons (Fsp3) is 0.789. The molecule has 0 bridgehead atoms. The van der Waals surface area contributed by atoms with Gasteiger partial charge in [-0.25, -0.2) is 4.99 Å². The summed E-state index contributed by atoms with van der Waals surface area (Å²) in [5.41, 5.74) is -0.165. The molecule has 0 aromatic carbocycles. The first-order chi connectivity index (χ1) is 13.3. The van der Waals surface area contributed by atoms with Gasteiger partial charge >= 0.3 is 0 Å². The first-order valence-corrected chi connectivity index (χ1v) is 10.2. The summed E-state index contributed by atoms with van der Waals surface area (Å²) in [6.45, 7) is 13.2. The number of nitrogens with zero attached hydrogens (tertiary/aromatic N) is 5. The Morgan fingerprint density at radius 1 is 1.24 bits per heavy atom. The summed E-state index contributed by atoms with van der Waals surface area (Å²) in [5, 5.41) is 10.4. The minimum absolute atomic E-state index is 0. The van der Waals surface area contributed by atoms with Gasteiger partial charge in [-0.15, -0.1) is 24.0 Å². The molecule has 1 amide bonds. The van der Waals surface area contributed by atoms with Crippen LogP contribution in [0.5, 0.6) is 0 Å². The smallest absolute Gasteiger partial charge is 0.234 e. The van der Waals surface area contributed by atoms with E-state index >= 15 is 0 Å². The van der Waals surface area contributed by atoms with Crippen molar-refractivity contribution in [3.63, 3.8) is 0 Å². The van der Waals surface area contributed by atoms with Gasteiger partial charge in [0.15, 0.2) is 11.8 Å². The average Bonchev–Trinajstić information content (AvgIpc) is 3.31. The van der Waals surface area contributed by atoms with Crippen LogP contribution < -0.4 is 10.6 Å². The normalized spacial score (nSPS) is 18.3. The van der Waals surface area contributed by atoms with Crippen LogP contribution in [0, 0.1) is 0 Å². The van der Waals surface area contributed by atoms with E-state index in [1.54, 1.807) is 0 Å². The van der Waals surface area contributed by atoms with E-state index in [2.05, 4.69) is 42.5 Å². The molecule has 164 valence electrons. The highest BCUT2D eigenvalue weighted by molar-refractivity contribution is 14.0. The third-order valence-corrected chi connectivity index (χ3v) is 4.80. The van der Waals surface area contributed by atoms with Gasteiger partial charge < -0.3 is 20.1 Å². The van der Waals surface area contributed by atoms with Gasteiger partial charge in [0.1, 0.15) is 6.54 Å². The Bertz CT molecular complexity index is 689. The molecule has 1 saturated carbocycles. The highest BCUT2D eigenvalue weighted by atomic mass is 127. The van der Waals surface area contributed by atoms with E-state index in [1.807, 2.05) is 20.8 Å². The molecule has 1 aliphatic heterocycles. The van der Waals surface area contributed by atoms with Gasteiger partial charge in [0.25, 0.3) is 0 Å². The van der Waals surface area contributed by atoms with Gasteiger partial charge in [0.05, 0.1) is 6.54 Å². The number of rotatable bonds is 6. The lowest BCUT2D eigenvalue weighted by Crippen LogP contribution is -2.54. The van der Waals surface area contributed by atoms with Crippen molar-refractivity contribution >= 4 is 35.8 Å². The van der Waals surface area contributed by atoms with Crippen molar-refractivity contribution in [2.45, 2.75) is 58.5 Å². The van der Waals surface area contributed by atoms with Gasteiger partial charge in [-0.3, -0.25) is 9.69 Å². The van der Waals surface area contributed by atoms with Crippen LogP contribution in [0.1, 0.15) is 52.3 Å². The van der Waals surface area contributed by atoms with Crippen molar-refractivity contribution in [2.24, 2.45) is 4.99 Å². The summed E-state index contributed by atoms with van der Waals surface area (Å²) in [5.74, 6) is 2.21. The van der Waals surface area contributed by atoms with E-state index in [0.29, 0.717) is 30.8 Å². The largest absolute Gasteiger partial charge is 0.357 e. The maximum atomic E-state index is 12.0. The van der Waals surface area contributed by atoms with Gasteiger partial charge in [0.2, 0.25) is 11.8 Å². The van der Waals surface area contributed by atoms with Crippen molar-refractivity contribution in [3.8, 4) is 0 Å². The van der Waals surface area contributed by atoms with Gasteiger partial charge in [-0.2, -0.15) is 4.98 Å². The second kappa shape index (κ2) is 10.6. The molecule has 0 atom stereocenters. The van der Waals surface area contributed by atoms with Gasteiger partial charge in [-0.05, 0) is 19.8 Å². The number of aliphatic imine (C=N–C) groups is 1. The van der Waals surface area contributed by atoms with Crippen LogP contribution in [-0.2, 0) is 16.8 Å². The maximum absolute atomic E-state index is 12.0. The number of aromatic nitrogens is 2. The van der Waals surface area contributed by atoms with Crippen molar-refractivity contribution in [1.29, 1.82) is 0 Å². The number of halogens is 1. The fourth-order valence-electron chi connectivity index (χ4n) is 3.02. The van der Waals surface area contributed by atoms with Crippen LogP contribution in [0.3, 0.4) is 0 Å². The van der Waals surface area contributed by atoms with Crippen molar-refractivity contribution < 1.29 is 9.32 Å². The molecule has 1 saturated heterocycles. The Morgan fingerprint density at radius 2 is 1.93 bits per heavy atom. The number of amides is 1. The predicted octanol–water partition coefficient (Wildman–Crippen LogP) is 1.35. The van der Waals surface area contributed by atoms with E-state index in [1.165, 1.54) is 0 Å². The van der Waals surface area contributed by atoms with Gasteiger partial charge in [0, 0.05) is 44.2 Å². The number of carbonyl (C=O) groups is 1. The summed E-state index contributed by atoms with van der Waals surface area (Å²) in [7, 11) is 0. The Balaban J connectivity index is 0.00000300. The summed E-state index contributed by atoms with van der Waals surface area (Å²) in [6, 6.07) is 0.421. The van der Waals surface area contributed by atoms with Crippen LogP contribution in [-0.4, -0.2) is 77.1 Å². The van der Waals surface area contributed by atoms with Crippen molar-refractivity contribution in [3.05, 3.63) is 11.7 Å². The zero-order chi connectivity index (χ0) is 20.1. The number of guanidine groups is 1. The number of piperazine rings is 1. The molecule has 0 unspecified atom stereocenters. The van der Waals surface area contributed by atoms with Crippen LogP contribution in [0.15, 0.2) is 9.52 Å². The van der Waals surface area contributed by atoms with Crippen LogP contribution in [0.4, 0.5) is 0 Å². The van der Waals surface area contributed by atoms with Crippen LogP contribution in [0.2, 0.25) is 0 Å². The topological polar surface area (TPSA) is 98.9 Å². The summed E-state index contributed by atoms with van der Waals surface area (Å²) >= 11 is 0. The molecular weight excluding hydrogens is 485 g/mol. The van der Waals surface area contributed by atoms with E-state index in [9.17, 15) is 4.79 Å². The molecule has 0 spiro atoms. The third kappa shape index (κ3) is 7.40. The Hall–Kier alpha value is -1.43. The molecule has 0 radical (unpaired) electrons. The lowest BCUT2D eigenvalue weighted by molar-refractivity contribution is -0.122. The van der Waals surface area contributed by atoms with Gasteiger partial charge in [-0.1, -0.05) is 25.9 Å². The molecular formula is C19H34IN7O2. The highest BCUT2D eigenvalue weighted by Gasteiger charge is 2.26. The van der Waals surface area contributed by atoms with Crippen LogP contribution in [0.25, 0.3) is 0 Å². The molecule has 3 rings (SSSR count). The molecule has 1 aromatic heterocycles. The van der Waals surface area contributed by atoms with Crippen molar-refractivity contribution in [2.75, 3.05) is 39.3 Å². The second-order valence-electron chi connectivity index (χ2n) is 8.54. The molecule has 1 aliphatic carbocycles. The number of hydrogen-bond acceptors (Lipinski definition) is 6. The minimum atomic E-state index is -0.165. The fourth-order valence-corrected chi connectivity index (χ4v) is 3.02. The highest BCUT2D eigenvalue weighted by Crippen LogP contribution is 2.20. The SMILES string of the molecule is CCNC(=NCc1noc(C(C)(C)C)n1)N1CCN(CC(=O)NC2CC2)CC1.I. The summed E-state index contributed by atoms with van der Waals surface area (Å²) in [6.07, 6.45) is 2.25. The molecule has 29 heavy (non-hydrogen) atoms. The first-order valence-electron chi connectivity index (χ1n) is 10.2. The van der Waals surface area contributed by atoms with Crippen LogP contribution >= 0.6 is 24.0 Å². The predicted molar refractivity (Wildman–Crippen MR) is 122 cm³/mol. The quantitative estimate of drug-likeness (QED) is 0.333. The molecule has 10 heteroatoms. The monoisotopic (exact) mass is 519 g/mol. The van der Waals surface area contributed by atoms with E-state index < -0.39 is 0 Å². The first kappa shape index (κ1) is 23.8. The molecule has 2 N–H and O–H groups in total. The number of nitrogens with one attached hydrogen (secondary N) is 2. The lowest BCUT2D eigenvalue weighted by atomic mass is 9.97. The molecule has 2 fully saturated rings. The Morgan fingerprint density at radius 3 is 2.48 bits per heavy atom. The molecule has 2 aliphatic rings. The molecule has 2 heterocycles. The zero-order valence-corrected chi connectivity index (χ0v) is 20.2. The third-order valence-electron chi connectivity index (χ3n) is 4.80.